The van der Waals surface area contributed by atoms with Gasteiger partial charge >= 0.3 is 0 Å². The van der Waals surface area contributed by atoms with Crippen LogP contribution in [-0.4, -0.2) is 45.5 Å². The van der Waals surface area contributed by atoms with Crippen LogP contribution >= 0.6 is 0 Å². The molecule has 3 aromatic rings. The van der Waals surface area contributed by atoms with Gasteiger partial charge in [0.15, 0.2) is 0 Å². The van der Waals surface area contributed by atoms with E-state index in [0.717, 1.165) is 53.9 Å². The topological polar surface area (TPSA) is 80.5 Å². The molecule has 1 aliphatic heterocycles. The van der Waals surface area contributed by atoms with Gasteiger partial charge in [0.1, 0.15) is 5.65 Å². The van der Waals surface area contributed by atoms with Crippen molar-refractivity contribution < 1.29 is 8.42 Å². The molecule has 3 aromatic heterocycles. The lowest BCUT2D eigenvalue weighted by Gasteiger charge is -2.28. The summed E-state index contributed by atoms with van der Waals surface area (Å²) in [6, 6.07) is 4.11. The molecular weight excluding hydrogens is 350 g/mol. The highest BCUT2D eigenvalue weighted by molar-refractivity contribution is 7.90. The number of aromatic nitrogens is 4. The number of imidazole rings is 1. The van der Waals surface area contributed by atoms with E-state index in [1.54, 1.807) is 6.20 Å². The zero-order valence-electron chi connectivity index (χ0n) is 15.1. The van der Waals surface area contributed by atoms with E-state index in [2.05, 4.69) is 38.5 Å². The Labute approximate surface area is 152 Å². The molecule has 0 saturated heterocycles. The minimum atomic E-state index is -3.37. The SMILES string of the molecule is Cc1nc2c(C)cccn2c1CN1CCc2nc(S(C)(=O)=O)ncc2C1. The van der Waals surface area contributed by atoms with E-state index in [4.69, 9.17) is 4.98 Å². The molecule has 0 spiro atoms. The molecule has 0 N–H and O–H groups in total. The van der Waals surface area contributed by atoms with E-state index in [1.165, 1.54) is 5.69 Å². The molecule has 0 amide bonds. The largest absolute Gasteiger partial charge is 0.302 e. The van der Waals surface area contributed by atoms with Gasteiger partial charge in [-0.05, 0) is 25.5 Å². The first kappa shape index (κ1) is 17.1. The summed E-state index contributed by atoms with van der Waals surface area (Å²) in [5, 5.41) is -0.0854. The molecule has 0 bridgehead atoms. The molecule has 0 aliphatic carbocycles. The van der Waals surface area contributed by atoms with Crippen molar-refractivity contribution in [2.45, 2.75) is 38.5 Å². The van der Waals surface area contributed by atoms with Gasteiger partial charge in [-0.3, -0.25) is 4.90 Å². The number of aryl methyl sites for hydroxylation is 2. The van der Waals surface area contributed by atoms with Crippen molar-refractivity contribution >= 4 is 15.5 Å². The van der Waals surface area contributed by atoms with E-state index in [-0.39, 0.29) is 5.16 Å². The molecule has 26 heavy (non-hydrogen) atoms. The summed E-state index contributed by atoms with van der Waals surface area (Å²) in [5.41, 5.74) is 6.20. The molecule has 0 unspecified atom stereocenters. The van der Waals surface area contributed by atoms with Crippen LogP contribution < -0.4 is 0 Å². The van der Waals surface area contributed by atoms with Crippen LogP contribution in [0.3, 0.4) is 0 Å². The third-order valence-electron chi connectivity index (χ3n) is 4.84. The number of hydrogen-bond donors (Lipinski definition) is 0. The molecule has 8 heteroatoms. The lowest BCUT2D eigenvalue weighted by molar-refractivity contribution is 0.238. The molecule has 0 fully saturated rings. The van der Waals surface area contributed by atoms with Gasteiger partial charge in [0.05, 0.1) is 17.1 Å². The highest BCUT2D eigenvalue weighted by Gasteiger charge is 2.22. The summed E-state index contributed by atoms with van der Waals surface area (Å²) < 4.78 is 25.4. The standard InChI is InChI=1S/C18H21N5O2S/c1-12-5-4-7-23-16(13(2)20-17(12)23)11-22-8-6-15-14(10-22)9-19-18(21-15)26(3,24)25/h4-5,7,9H,6,8,10-11H2,1-3H3. The normalized spacial score (nSPS) is 15.3. The maximum atomic E-state index is 11.6. The first-order valence-corrected chi connectivity index (χ1v) is 10.4. The second-order valence-electron chi connectivity index (χ2n) is 6.89. The molecule has 0 aromatic carbocycles. The second kappa shape index (κ2) is 6.14. The number of rotatable bonds is 3. The lowest BCUT2D eigenvalue weighted by atomic mass is 10.1. The van der Waals surface area contributed by atoms with Crippen LogP contribution in [0.1, 0.15) is 28.2 Å². The summed E-state index contributed by atoms with van der Waals surface area (Å²) in [6.45, 7) is 6.42. The van der Waals surface area contributed by atoms with E-state index in [9.17, 15) is 8.42 Å². The quantitative estimate of drug-likeness (QED) is 0.652. The van der Waals surface area contributed by atoms with Crippen LogP contribution in [0.2, 0.25) is 0 Å². The highest BCUT2D eigenvalue weighted by Crippen LogP contribution is 2.22. The first-order valence-electron chi connectivity index (χ1n) is 8.53. The first-order chi connectivity index (χ1) is 12.3. The highest BCUT2D eigenvalue weighted by atomic mass is 32.2. The number of fused-ring (bicyclic) bond motifs is 2. The van der Waals surface area contributed by atoms with E-state index < -0.39 is 9.84 Å². The van der Waals surface area contributed by atoms with Crippen molar-refractivity contribution in [3.05, 3.63) is 52.7 Å². The van der Waals surface area contributed by atoms with Crippen molar-refractivity contribution in [1.29, 1.82) is 0 Å². The minimum absolute atomic E-state index is 0.0854. The van der Waals surface area contributed by atoms with Crippen molar-refractivity contribution in [1.82, 2.24) is 24.3 Å². The van der Waals surface area contributed by atoms with Crippen LogP contribution in [0.5, 0.6) is 0 Å². The third kappa shape index (κ3) is 2.99. The van der Waals surface area contributed by atoms with Gasteiger partial charge in [-0.15, -0.1) is 0 Å². The Morgan fingerprint density at radius 3 is 2.81 bits per heavy atom. The van der Waals surface area contributed by atoms with E-state index in [1.807, 2.05) is 13.0 Å². The van der Waals surface area contributed by atoms with Gasteiger partial charge in [0.25, 0.3) is 0 Å². The van der Waals surface area contributed by atoms with Crippen molar-refractivity contribution in [2.75, 3.05) is 12.8 Å². The smallest absolute Gasteiger partial charge is 0.246 e. The van der Waals surface area contributed by atoms with Gasteiger partial charge in [-0.25, -0.2) is 23.4 Å². The third-order valence-corrected chi connectivity index (χ3v) is 5.70. The Morgan fingerprint density at radius 1 is 1.23 bits per heavy atom. The Morgan fingerprint density at radius 2 is 2.04 bits per heavy atom. The maximum absolute atomic E-state index is 11.6. The molecule has 0 radical (unpaired) electrons. The summed E-state index contributed by atoms with van der Waals surface area (Å²) in [6.07, 6.45) is 5.56. The predicted octanol–water partition coefficient (Wildman–Crippen LogP) is 1.70. The maximum Gasteiger partial charge on any atom is 0.246 e. The second-order valence-corrected chi connectivity index (χ2v) is 8.80. The summed E-state index contributed by atoms with van der Waals surface area (Å²) in [7, 11) is -3.37. The fourth-order valence-corrected chi connectivity index (χ4v) is 3.96. The van der Waals surface area contributed by atoms with Crippen LogP contribution in [0.25, 0.3) is 5.65 Å². The fraction of sp³-hybridized carbons (Fsp3) is 0.389. The van der Waals surface area contributed by atoms with E-state index in [0.29, 0.717) is 6.54 Å². The average Bonchev–Trinajstić information content (AvgIpc) is 2.91. The van der Waals surface area contributed by atoms with Crippen LogP contribution in [0, 0.1) is 13.8 Å². The van der Waals surface area contributed by atoms with Crippen LogP contribution in [0.4, 0.5) is 0 Å². The minimum Gasteiger partial charge on any atom is -0.302 e. The van der Waals surface area contributed by atoms with Gasteiger partial charge < -0.3 is 4.40 Å². The molecule has 0 atom stereocenters. The zero-order valence-corrected chi connectivity index (χ0v) is 15.9. The number of nitrogens with zero attached hydrogens (tertiary/aromatic N) is 5. The number of pyridine rings is 1. The fourth-order valence-electron chi connectivity index (χ4n) is 3.44. The van der Waals surface area contributed by atoms with Crippen molar-refractivity contribution in [2.24, 2.45) is 0 Å². The van der Waals surface area contributed by atoms with Crippen molar-refractivity contribution in [3.63, 3.8) is 0 Å². The molecule has 1 aliphatic rings. The zero-order chi connectivity index (χ0) is 18.5. The van der Waals surface area contributed by atoms with Crippen molar-refractivity contribution in [3.8, 4) is 0 Å². The summed E-state index contributed by atoms with van der Waals surface area (Å²) >= 11 is 0. The Kier molecular flexibility index (Phi) is 4.04. The molecule has 0 saturated carbocycles. The Bertz CT molecular complexity index is 1100. The molecular formula is C18H21N5O2S. The number of hydrogen-bond acceptors (Lipinski definition) is 6. The molecule has 4 rings (SSSR count). The molecule has 4 heterocycles. The Hall–Kier alpha value is -2.32. The van der Waals surface area contributed by atoms with Crippen LogP contribution in [0.15, 0.2) is 29.7 Å². The number of sulfone groups is 1. The predicted molar refractivity (Wildman–Crippen MR) is 97.6 cm³/mol. The summed E-state index contributed by atoms with van der Waals surface area (Å²) in [5.74, 6) is 0. The average molecular weight is 371 g/mol. The van der Waals surface area contributed by atoms with E-state index >= 15 is 0 Å². The van der Waals surface area contributed by atoms with Gasteiger partial charge in [-0.2, -0.15) is 0 Å². The van der Waals surface area contributed by atoms with Gasteiger partial charge in [-0.1, -0.05) is 6.07 Å². The monoisotopic (exact) mass is 371 g/mol. The molecule has 7 nitrogen and oxygen atoms in total. The van der Waals surface area contributed by atoms with Crippen LogP contribution in [-0.2, 0) is 29.3 Å². The summed E-state index contributed by atoms with van der Waals surface area (Å²) in [4.78, 5) is 15.3. The Balaban J connectivity index is 1.61. The van der Waals surface area contributed by atoms with Gasteiger partial charge in [0.2, 0.25) is 15.0 Å². The lowest BCUT2D eigenvalue weighted by Crippen LogP contribution is -2.32. The van der Waals surface area contributed by atoms with Gasteiger partial charge in [0, 0.05) is 50.3 Å². The molecule has 136 valence electrons.